The molecule has 0 fully saturated rings. The molecule has 1 aliphatic carbocycles. The molecule has 30 heavy (non-hydrogen) atoms. The number of nitrogens with zero attached hydrogens (tertiary/aromatic N) is 2. The second-order valence-corrected chi connectivity index (χ2v) is 7.92. The average molecular weight is 389 g/mol. The van der Waals surface area contributed by atoms with Crippen molar-refractivity contribution in [2.24, 2.45) is 0 Å². The SMILES string of the molecule is Cc1cccc(C)c1-c1nc(-c2cccc(C3=CC=CCC3)c2)nc2ccccc12. The Morgan fingerprint density at radius 2 is 1.53 bits per heavy atom. The maximum absolute atomic E-state index is 5.10. The molecule has 0 N–H and O–H groups in total. The Morgan fingerprint density at radius 1 is 0.767 bits per heavy atom. The van der Waals surface area contributed by atoms with Gasteiger partial charge in [-0.15, -0.1) is 0 Å². The molecule has 1 aliphatic rings. The summed E-state index contributed by atoms with van der Waals surface area (Å²) in [5, 5.41) is 1.09. The normalized spacial score (nSPS) is 13.5. The van der Waals surface area contributed by atoms with Gasteiger partial charge in [-0.25, -0.2) is 9.97 Å². The molecule has 1 aromatic heterocycles. The molecule has 0 unspecified atom stereocenters. The van der Waals surface area contributed by atoms with Crippen LogP contribution in [0.4, 0.5) is 0 Å². The molecule has 0 saturated heterocycles. The zero-order valence-corrected chi connectivity index (χ0v) is 17.4. The van der Waals surface area contributed by atoms with E-state index in [1.165, 1.54) is 27.8 Å². The highest BCUT2D eigenvalue weighted by Gasteiger charge is 2.15. The fourth-order valence-electron chi connectivity index (χ4n) is 4.29. The zero-order valence-electron chi connectivity index (χ0n) is 17.4. The van der Waals surface area contributed by atoms with E-state index in [4.69, 9.17) is 9.97 Å². The maximum atomic E-state index is 5.10. The number of aromatic nitrogens is 2. The molecule has 0 aliphatic heterocycles. The van der Waals surface area contributed by atoms with Crippen molar-refractivity contribution in [2.75, 3.05) is 0 Å². The average Bonchev–Trinajstić information content (AvgIpc) is 2.79. The smallest absolute Gasteiger partial charge is 0.160 e. The van der Waals surface area contributed by atoms with Crippen molar-refractivity contribution < 1.29 is 0 Å². The summed E-state index contributed by atoms with van der Waals surface area (Å²) in [5.74, 6) is 0.778. The van der Waals surface area contributed by atoms with Crippen molar-refractivity contribution in [3.05, 3.63) is 102 Å². The van der Waals surface area contributed by atoms with Crippen LogP contribution in [0.5, 0.6) is 0 Å². The van der Waals surface area contributed by atoms with Crippen molar-refractivity contribution in [1.82, 2.24) is 9.97 Å². The van der Waals surface area contributed by atoms with Gasteiger partial charge in [0.15, 0.2) is 5.82 Å². The van der Waals surface area contributed by atoms with Crippen LogP contribution in [0.3, 0.4) is 0 Å². The molecule has 0 radical (unpaired) electrons. The first kappa shape index (κ1) is 18.5. The number of fused-ring (bicyclic) bond motifs is 1. The van der Waals surface area contributed by atoms with Crippen molar-refractivity contribution in [3.63, 3.8) is 0 Å². The molecular weight excluding hydrogens is 364 g/mol. The number of rotatable bonds is 3. The summed E-state index contributed by atoms with van der Waals surface area (Å²) in [5.41, 5.74) is 9.34. The molecule has 1 heterocycles. The fourth-order valence-corrected chi connectivity index (χ4v) is 4.29. The highest BCUT2D eigenvalue weighted by Crippen LogP contribution is 2.34. The van der Waals surface area contributed by atoms with E-state index in [0.717, 1.165) is 40.8 Å². The zero-order chi connectivity index (χ0) is 20.5. The van der Waals surface area contributed by atoms with Crippen molar-refractivity contribution in [2.45, 2.75) is 26.7 Å². The van der Waals surface area contributed by atoms with Crippen molar-refractivity contribution >= 4 is 16.5 Å². The Morgan fingerprint density at radius 3 is 2.33 bits per heavy atom. The lowest BCUT2D eigenvalue weighted by atomic mass is 9.95. The minimum Gasteiger partial charge on any atom is -0.228 e. The van der Waals surface area contributed by atoms with Crippen LogP contribution in [0, 0.1) is 13.8 Å². The van der Waals surface area contributed by atoms with E-state index in [-0.39, 0.29) is 0 Å². The number of benzene rings is 3. The number of hydrogen-bond acceptors (Lipinski definition) is 2. The van der Waals surface area contributed by atoms with Gasteiger partial charge in [-0.3, -0.25) is 0 Å². The topological polar surface area (TPSA) is 25.8 Å². The van der Waals surface area contributed by atoms with E-state index in [0.29, 0.717) is 0 Å². The van der Waals surface area contributed by atoms with Gasteiger partial charge < -0.3 is 0 Å². The first-order chi connectivity index (χ1) is 14.7. The van der Waals surface area contributed by atoms with E-state index in [9.17, 15) is 0 Å². The van der Waals surface area contributed by atoms with Gasteiger partial charge >= 0.3 is 0 Å². The summed E-state index contributed by atoms with van der Waals surface area (Å²) in [6.07, 6.45) is 8.76. The van der Waals surface area contributed by atoms with Gasteiger partial charge in [0, 0.05) is 16.5 Å². The van der Waals surface area contributed by atoms with Crippen LogP contribution in [0.1, 0.15) is 29.5 Å². The van der Waals surface area contributed by atoms with Crippen LogP contribution >= 0.6 is 0 Å². The summed E-state index contributed by atoms with van der Waals surface area (Å²) in [4.78, 5) is 10.0. The Balaban J connectivity index is 1.72. The first-order valence-electron chi connectivity index (χ1n) is 10.5. The lowest BCUT2D eigenvalue weighted by molar-refractivity contribution is 1.05. The van der Waals surface area contributed by atoms with Crippen LogP contribution < -0.4 is 0 Å². The van der Waals surface area contributed by atoms with E-state index >= 15 is 0 Å². The highest BCUT2D eigenvalue weighted by molar-refractivity contribution is 5.95. The van der Waals surface area contributed by atoms with Gasteiger partial charge in [0.05, 0.1) is 11.2 Å². The first-order valence-corrected chi connectivity index (χ1v) is 10.5. The van der Waals surface area contributed by atoms with Crippen LogP contribution in [0.25, 0.3) is 39.1 Å². The van der Waals surface area contributed by atoms with Crippen LogP contribution in [-0.4, -0.2) is 9.97 Å². The Labute approximate surface area is 177 Å². The molecule has 4 aromatic rings. The summed E-state index contributed by atoms with van der Waals surface area (Å²) in [6.45, 7) is 4.31. The number of allylic oxidation sites excluding steroid dienone is 4. The third kappa shape index (κ3) is 3.35. The number of hydrogen-bond donors (Lipinski definition) is 0. The minimum atomic E-state index is 0.778. The minimum absolute atomic E-state index is 0.778. The molecule has 0 saturated carbocycles. The molecule has 146 valence electrons. The van der Waals surface area contributed by atoms with Crippen LogP contribution in [-0.2, 0) is 0 Å². The van der Waals surface area contributed by atoms with Crippen LogP contribution in [0.15, 0.2) is 85.0 Å². The molecule has 3 aromatic carbocycles. The van der Waals surface area contributed by atoms with E-state index in [2.05, 4.69) is 92.7 Å². The molecule has 0 amide bonds. The molecule has 5 rings (SSSR count). The van der Waals surface area contributed by atoms with Crippen molar-refractivity contribution in [3.8, 4) is 22.6 Å². The van der Waals surface area contributed by atoms with Gasteiger partial charge in [-0.2, -0.15) is 0 Å². The number of para-hydroxylation sites is 1. The van der Waals surface area contributed by atoms with E-state index in [1.54, 1.807) is 0 Å². The third-order valence-electron chi connectivity index (χ3n) is 5.83. The van der Waals surface area contributed by atoms with Gasteiger partial charge in [0.1, 0.15) is 0 Å². The maximum Gasteiger partial charge on any atom is 0.160 e. The molecule has 0 atom stereocenters. The van der Waals surface area contributed by atoms with Crippen LogP contribution in [0.2, 0.25) is 0 Å². The molecular formula is C28H24N2. The highest BCUT2D eigenvalue weighted by atomic mass is 14.9. The predicted octanol–water partition coefficient (Wildman–Crippen LogP) is 7.31. The van der Waals surface area contributed by atoms with E-state index < -0.39 is 0 Å². The summed E-state index contributed by atoms with van der Waals surface area (Å²) < 4.78 is 0. The van der Waals surface area contributed by atoms with Gasteiger partial charge in [-0.1, -0.05) is 72.8 Å². The molecule has 2 heteroatoms. The molecule has 0 spiro atoms. The summed E-state index contributed by atoms with van der Waals surface area (Å²) in [6, 6.07) is 23.4. The number of aryl methyl sites for hydroxylation is 2. The standard InChI is InChI=1S/C28H24N2/c1-19-10-8-11-20(2)26(19)27-24-16-6-7-17-25(24)29-28(30-27)23-15-9-14-22(18-23)21-12-4-3-5-13-21/h3-4,6-12,14-18H,5,13H2,1-2H3. The Bertz CT molecular complexity index is 1290. The second kappa shape index (κ2) is 7.72. The van der Waals surface area contributed by atoms with Crippen molar-refractivity contribution in [1.29, 1.82) is 0 Å². The lowest BCUT2D eigenvalue weighted by Crippen LogP contribution is -1.98. The largest absolute Gasteiger partial charge is 0.228 e. The quantitative estimate of drug-likeness (QED) is 0.367. The monoisotopic (exact) mass is 388 g/mol. The summed E-state index contributed by atoms with van der Waals surface area (Å²) in [7, 11) is 0. The third-order valence-corrected chi connectivity index (χ3v) is 5.83. The molecule has 0 bridgehead atoms. The fraction of sp³-hybridized carbons (Fsp3) is 0.143. The second-order valence-electron chi connectivity index (χ2n) is 7.92. The Kier molecular flexibility index (Phi) is 4.76. The Hall–Kier alpha value is -3.52. The summed E-state index contributed by atoms with van der Waals surface area (Å²) >= 11 is 0. The lowest BCUT2D eigenvalue weighted by Gasteiger charge is -2.14. The predicted molar refractivity (Wildman–Crippen MR) is 126 cm³/mol. The van der Waals surface area contributed by atoms with E-state index in [1.807, 2.05) is 6.07 Å². The van der Waals surface area contributed by atoms with Gasteiger partial charge in [-0.05, 0) is 61.1 Å². The van der Waals surface area contributed by atoms with Gasteiger partial charge in [0.25, 0.3) is 0 Å². The molecule has 2 nitrogen and oxygen atoms in total. The van der Waals surface area contributed by atoms with Gasteiger partial charge in [0.2, 0.25) is 0 Å².